The fourth-order valence-corrected chi connectivity index (χ4v) is 7.51. The SMILES string of the molecule is O=C(COc1ccc(C2SCCCS2)cc1)N1CCC(CSc2ccccc2)C1. The van der Waals surface area contributed by atoms with Crippen molar-refractivity contribution < 1.29 is 9.53 Å². The van der Waals surface area contributed by atoms with E-state index >= 15 is 0 Å². The van der Waals surface area contributed by atoms with Gasteiger partial charge in [-0.15, -0.1) is 35.3 Å². The number of rotatable bonds is 7. The molecule has 3 nitrogen and oxygen atoms in total. The molecule has 0 radical (unpaired) electrons. The molecule has 2 aromatic carbocycles. The first kappa shape index (κ1) is 21.0. The maximum Gasteiger partial charge on any atom is 0.260 e. The summed E-state index contributed by atoms with van der Waals surface area (Å²) in [6.07, 6.45) is 2.38. The number of ether oxygens (including phenoxy) is 1. The average molecular weight is 446 g/mol. The van der Waals surface area contributed by atoms with E-state index in [4.69, 9.17) is 4.74 Å². The third kappa shape index (κ3) is 6.12. The van der Waals surface area contributed by atoms with Crippen molar-refractivity contribution >= 4 is 41.2 Å². The van der Waals surface area contributed by atoms with Crippen molar-refractivity contribution in [3.63, 3.8) is 0 Å². The molecule has 154 valence electrons. The highest BCUT2D eigenvalue weighted by Gasteiger charge is 2.26. The lowest BCUT2D eigenvalue weighted by molar-refractivity contribution is -0.132. The normalized spacial score (nSPS) is 20.0. The van der Waals surface area contributed by atoms with Gasteiger partial charge in [-0.25, -0.2) is 0 Å². The highest BCUT2D eigenvalue weighted by atomic mass is 32.2. The van der Waals surface area contributed by atoms with Gasteiger partial charge in [0.2, 0.25) is 0 Å². The van der Waals surface area contributed by atoms with Crippen molar-refractivity contribution in [3.8, 4) is 5.75 Å². The van der Waals surface area contributed by atoms with Crippen LogP contribution in [0.5, 0.6) is 5.75 Å². The summed E-state index contributed by atoms with van der Waals surface area (Å²) in [6, 6.07) is 18.8. The van der Waals surface area contributed by atoms with Crippen LogP contribution in [-0.4, -0.2) is 47.8 Å². The van der Waals surface area contributed by atoms with Gasteiger partial charge in [-0.2, -0.15) is 0 Å². The van der Waals surface area contributed by atoms with Gasteiger partial charge in [0.1, 0.15) is 5.75 Å². The lowest BCUT2D eigenvalue weighted by atomic mass is 10.2. The monoisotopic (exact) mass is 445 g/mol. The van der Waals surface area contributed by atoms with Crippen molar-refractivity contribution in [2.45, 2.75) is 22.3 Å². The van der Waals surface area contributed by atoms with Crippen LogP contribution in [0.2, 0.25) is 0 Å². The predicted octanol–water partition coefficient (Wildman–Crippen LogP) is 5.57. The maximum atomic E-state index is 12.5. The van der Waals surface area contributed by atoms with Gasteiger partial charge in [-0.3, -0.25) is 4.79 Å². The molecule has 2 aliphatic heterocycles. The largest absolute Gasteiger partial charge is 0.484 e. The summed E-state index contributed by atoms with van der Waals surface area (Å²) in [7, 11) is 0. The van der Waals surface area contributed by atoms with Gasteiger partial charge in [0, 0.05) is 23.7 Å². The Bertz CT molecular complexity index is 778. The van der Waals surface area contributed by atoms with E-state index in [1.54, 1.807) is 0 Å². The van der Waals surface area contributed by atoms with E-state index in [1.165, 1.54) is 28.4 Å². The smallest absolute Gasteiger partial charge is 0.260 e. The molecule has 1 amide bonds. The van der Waals surface area contributed by atoms with Crippen molar-refractivity contribution in [2.75, 3.05) is 37.0 Å². The van der Waals surface area contributed by atoms with E-state index < -0.39 is 0 Å². The first-order valence-corrected chi connectivity index (χ1v) is 13.3. The van der Waals surface area contributed by atoms with Crippen LogP contribution in [0.1, 0.15) is 23.0 Å². The Balaban J connectivity index is 1.19. The van der Waals surface area contributed by atoms with Gasteiger partial charge in [0.05, 0.1) is 4.58 Å². The van der Waals surface area contributed by atoms with Crippen molar-refractivity contribution in [1.82, 2.24) is 4.90 Å². The molecule has 4 rings (SSSR count). The van der Waals surface area contributed by atoms with Gasteiger partial charge in [-0.1, -0.05) is 30.3 Å². The predicted molar refractivity (Wildman–Crippen MR) is 126 cm³/mol. The zero-order valence-electron chi connectivity index (χ0n) is 16.5. The molecule has 1 atom stereocenters. The molecule has 0 bridgehead atoms. The van der Waals surface area contributed by atoms with Crippen LogP contribution in [0.3, 0.4) is 0 Å². The number of nitrogens with zero attached hydrogens (tertiary/aromatic N) is 1. The minimum Gasteiger partial charge on any atom is -0.484 e. The molecule has 29 heavy (non-hydrogen) atoms. The lowest BCUT2D eigenvalue weighted by Crippen LogP contribution is -2.33. The van der Waals surface area contributed by atoms with Gasteiger partial charge in [-0.05, 0) is 60.1 Å². The second kappa shape index (κ2) is 10.7. The minimum atomic E-state index is 0.0969. The zero-order valence-corrected chi connectivity index (χ0v) is 18.9. The first-order valence-electron chi connectivity index (χ1n) is 10.2. The number of thioether (sulfide) groups is 3. The van der Waals surface area contributed by atoms with E-state index in [1.807, 2.05) is 58.4 Å². The molecule has 0 saturated carbocycles. The number of benzene rings is 2. The highest BCUT2D eigenvalue weighted by Crippen LogP contribution is 2.43. The van der Waals surface area contributed by atoms with Gasteiger partial charge >= 0.3 is 0 Å². The molecule has 2 saturated heterocycles. The summed E-state index contributed by atoms with van der Waals surface area (Å²) < 4.78 is 6.31. The molecule has 2 heterocycles. The number of hydrogen-bond acceptors (Lipinski definition) is 5. The number of likely N-dealkylation sites (tertiary alicyclic amines) is 1. The van der Waals surface area contributed by atoms with E-state index in [2.05, 4.69) is 36.4 Å². The summed E-state index contributed by atoms with van der Waals surface area (Å²) in [5.74, 6) is 4.99. The quantitative estimate of drug-likeness (QED) is 0.520. The zero-order chi connectivity index (χ0) is 19.9. The Morgan fingerprint density at radius 2 is 1.83 bits per heavy atom. The van der Waals surface area contributed by atoms with Crippen LogP contribution in [-0.2, 0) is 4.79 Å². The average Bonchev–Trinajstić information content (AvgIpc) is 3.27. The molecule has 2 fully saturated rings. The van der Waals surface area contributed by atoms with Crippen LogP contribution >= 0.6 is 35.3 Å². The Morgan fingerprint density at radius 1 is 1.07 bits per heavy atom. The number of amides is 1. The Labute approximate surface area is 186 Å². The van der Waals surface area contributed by atoms with E-state index in [0.29, 0.717) is 10.5 Å². The molecular formula is C23H27NO2S3. The minimum absolute atomic E-state index is 0.0969. The summed E-state index contributed by atoms with van der Waals surface area (Å²) >= 11 is 5.92. The summed E-state index contributed by atoms with van der Waals surface area (Å²) in [4.78, 5) is 15.8. The van der Waals surface area contributed by atoms with Crippen molar-refractivity contribution in [3.05, 3.63) is 60.2 Å². The molecule has 0 spiro atoms. The fourth-order valence-electron chi connectivity index (χ4n) is 3.56. The Hall–Kier alpha value is -1.24. The van der Waals surface area contributed by atoms with Crippen LogP contribution in [0.25, 0.3) is 0 Å². The summed E-state index contributed by atoms with van der Waals surface area (Å²) in [5, 5.41) is 0. The third-order valence-corrected chi connectivity index (χ3v) is 9.47. The Kier molecular flexibility index (Phi) is 7.74. The first-order chi connectivity index (χ1) is 14.3. The van der Waals surface area contributed by atoms with Crippen LogP contribution in [0, 0.1) is 5.92 Å². The molecule has 2 aliphatic rings. The topological polar surface area (TPSA) is 29.5 Å². The number of hydrogen-bond donors (Lipinski definition) is 0. The van der Waals surface area contributed by atoms with E-state index in [-0.39, 0.29) is 12.5 Å². The molecule has 1 unspecified atom stereocenters. The Morgan fingerprint density at radius 3 is 2.59 bits per heavy atom. The molecule has 0 N–H and O–H groups in total. The van der Waals surface area contributed by atoms with Gasteiger partial charge in [0.25, 0.3) is 5.91 Å². The summed E-state index contributed by atoms with van der Waals surface area (Å²) in [5.41, 5.74) is 1.34. The molecule has 0 aliphatic carbocycles. The van der Waals surface area contributed by atoms with Crippen LogP contribution < -0.4 is 4.74 Å². The third-order valence-electron chi connectivity index (χ3n) is 5.21. The van der Waals surface area contributed by atoms with Crippen LogP contribution in [0.15, 0.2) is 59.5 Å². The summed E-state index contributed by atoms with van der Waals surface area (Å²) in [6.45, 7) is 1.82. The lowest BCUT2D eigenvalue weighted by Gasteiger charge is -2.21. The van der Waals surface area contributed by atoms with Gasteiger partial charge < -0.3 is 9.64 Å². The van der Waals surface area contributed by atoms with Crippen molar-refractivity contribution in [2.24, 2.45) is 5.92 Å². The van der Waals surface area contributed by atoms with Crippen molar-refractivity contribution in [1.29, 1.82) is 0 Å². The highest BCUT2D eigenvalue weighted by molar-refractivity contribution is 8.16. The van der Waals surface area contributed by atoms with Gasteiger partial charge in [0.15, 0.2) is 6.61 Å². The second-order valence-electron chi connectivity index (χ2n) is 7.40. The van der Waals surface area contributed by atoms with Crippen LogP contribution in [0.4, 0.5) is 0 Å². The fraction of sp³-hybridized carbons (Fsp3) is 0.435. The maximum absolute atomic E-state index is 12.5. The number of carbonyl (C=O) groups excluding carboxylic acids is 1. The second-order valence-corrected chi connectivity index (χ2v) is 11.2. The molecule has 0 aromatic heterocycles. The molecule has 6 heteroatoms. The van der Waals surface area contributed by atoms with E-state index in [0.717, 1.165) is 31.0 Å². The van der Waals surface area contributed by atoms with E-state index in [9.17, 15) is 4.79 Å². The number of carbonyl (C=O) groups is 1. The standard InChI is InChI=1S/C23H27NO2S3/c25-22(24-12-11-18(15-24)17-29-21-5-2-1-3-6-21)16-26-20-9-7-19(8-10-20)23-27-13-4-14-28-23/h1-3,5-10,18,23H,4,11-17H2. The molecule has 2 aromatic rings. The molecular weight excluding hydrogens is 418 g/mol.